The number of benzene rings is 1. The monoisotopic (exact) mass is 374 g/mol. The molecule has 5 heteroatoms. The highest BCUT2D eigenvalue weighted by molar-refractivity contribution is 5.93. The van der Waals surface area contributed by atoms with Gasteiger partial charge in [-0.1, -0.05) is 38.1 Å². The maximum atomic E-state index is 13.1. The molecule has 0 radical (unpaired) electrons. The second-order valence-corrected chi connectivity index (χ2v) is 8.48. The number of Topliss-reactive ketones (excluding diaryl/α,β-unsaturated/α-hetero) is 1. The molecule has 144 valence electrons. The van der Waals surface area contributed by atoms with Gasteiger partial charge in [0.15, 0.2) is 11.5 Å². The molecule has 0 N–H and O–H groups in total. The van der Waals surface area contributed by atoms with Crippen molar-refractivity contribution >= 4 is 11.6 Å². The van der Waals surface area contributed by atoms with Crippen LogP contribution in [-0.4, -0.2) is 29.1 Å². The summed E-state index contributed by atoms with van der Waals surface area (Å²) in [4.78, 5) is 15.3. The Hall–Kier alpha value is -2.74. The smallest absolute Gasteiger partial charge is 0.163 e. The van der Waals surface area contributed by atoms with Crippen molar-refractivity contribution < 1.29 is 4.79 Å². The molecule has 1 aliphatic heterocycles. The largest absolute Gasteiger partial charge is 0.355 e. The summed E-state index contributed by atoms with van der Waals surface area (Å²) in [6.07, 6.45) is 3.58. The molecular weight excluding hydrogens is 348 g/mol. The summed E-state index contributed by atoms with van der Waals surface area (Å²) in [6.45, 7) is 6.09. The number of rotatable bonds is 6. The second-order valence-electron chi connectivity index (χ2n) is 8.48. The van der Waals surface area contributed by atoms with Crippen LogP contribution in [0, 0.1) is 17.2 Å². The first-order valence-electron chi connectivity index (χ1n) is 10.1. The predicted molar refractivity (Wildman–Crippen MR) is 108 cm³/mol. The summed E-state index contributed by atoms with van der Waals surface area (Å²) < 4.78 is 0. The van der Waals surface area contributed by atoms with E-state index in [9.17, 15) is 4.79 Å². The van der Waals surface area contributed by atoms with E-state index in [1.807, 2.05) is 12.1 Å². The van der Waals surface area contributed by atoms with Crippen LogP contribution in [0.5, 0.6) is 0 Å². The van der Waals surface area contributed by atoms with Crippen molar-refractivity contribution in [1.82, 2.24) is 10.2 Å². The fourth-order valence-electron chi connectivity index (χ4n) is 4.26. The standard InChI is InChI=1S/C23H26N4O/c1-16(2)18-3-5-19(6-4-18)23(10-11-23)21(28)13-17-9-12-27(15-17)22-8-7-20(14-24)25-26-22/h3-8,16-17H,9-13,15H2,1-2H3. The third-order valence-corrected chi connectivity index (χ3v) is 6.26. The van der Waals surface area contributed by atoms with Gasteiger partial charge in [0.25, 0.3) is 0 Å². The quantitative estimate of drug-likeness (QED) is 0.765. The van der Waals surface area contributed by atoms with Crippen molar-refractivity contribution in [3.8, 4) is 6.07 Å². The first-order chi connectivity index (χ1) is 13.5. The summed E-state index contributed by atoms with van der Waals surface area (Å²) in [5.74, 6) is 2.05. The molecule has 1 aliphatic carbocycles. The minimum Gasteiger partial charge on any atom is -0.355 e. The van der Waals surface area contributed by atoms with Crippen LogP contribution in [0.4, 0.5) is 5.82 Å². The fourth-order valence-corrected chi connectivity index (χ4v) is 4.26. The number of hydrogen-bond acceptors (Lipinski definition) is 5. The summed E-state index contributed by atoms with van der Waals surface area (Å²) in [7, 11) is 0. The highest BCUT2D eigenvalue weighted by Gasteiger charge is 2.51. The lowest BCUT2D eigenvalue weighted by Crippen LogP contribution is -2.26. The van der Waals surface area contributed by atoms with Crippen molar-refractivity contribution in [2.45, 2.75) is 50.9 Å². The van der Waals surface area contributed by atoms with Crippen molar-refractivity contribution in [3.05, 3.63) is 53.2 Å². The van der Waals surface area contributed by atoms with Crippen LogP contribution in [0.3, 0.4) is 0 Å². The van der Waals surface area contributed by atoms with E-state index >= 15 is 0 Å². The van der Waals surface area contributed by atoms with Gasteiger partial charge in [-0.2, -0.15) is 5.26 Å². The van der Waals surface area contributed by atoms with Gasteiger partial charge in [-0.05, 0) is 54.4 Å². The van der Waals surface area contributed by atoms with Crippen LogP contribution in [-0.2, 0) is 10.2 Å². The lowest BCUT2D eigenvalue weighted by molar-refractivity contribution is -0.122. The van der Waals surface area contributed by atoms with Crippen LogP contribution in [0.2, 0.25) is 0 Å². The van der Waals surface area contributed by atoms with Crippen molar-refractivity contribution in [1.29, 1.82) is 5.26 Å². The van der Waals surface area contributed by atoms with Crippen molar-refractivity contribution in [2.24, 2.45) is 5.92 Å². The van der Waals surface area contributed by atoms with E-state index in [2.05, 4.69) is 53.2 Å². The molecule has 0 spiro atoms. The molecule has 2 heterocycles. The molecule has 2 aromatic rings. The first kappa shape index (κ1) is 18.6. The first-order valence-corrected chi connectivity index (χ1v) is 10.1. The molecule has 1 aromatic carbocycles. The molecule has 1 unspecified atom stereocenters. The number of hydrogen-bond donors (Lipinski definition) is 0. The third-order valence-electron chi connectivity index (χ3n) is 6.26. The average Bonchev–Trinajstić information content (AvgIpc) is 3.41. The van der Waals surface area contributed by atoms with Crippen molar-refractivity contribution in [3.63, 3.8) is 0 Å². The van der Waals surface area contributed by atoms with E-state index in [0.29, 0.717) is 29.7 Å². The normalized spacial score (nSPS) is 20.2. The number of nitriles is 1. The Labute approximate surface area is 166 Å². The summed E-state index contributed by atoms with van der Waals surface area (Å²) in [5, 5.41) is 16.9. The van der Waals surface area contributed by atoms with E-state index in [-0.39, 0.29) is 5.41 Å². The van der Waals surface area contributed by atoms with Gasteiger partial charge in [-0.25, -0.2) is 0 Å². The summed E-state index contributed by atoms with van der Waals surface area (Å²) >= 11 is 0. The number of carbonyl (C=O) groups is 1. The Bertz CT molecular complexity index is 892. The number of carbonyl (C=O) groups excluding carboxylic acids is 1. The lowest BCUT2D eigenvalue weighted by Gasteiger charge is -2.19. The topological polar surface area (TPSA) is 69.9 Å². The highest BCUT2D eigenvalue weighted by atomic mass is 16.1. The molecule has 5 nitrogen and oxygen atoms in total. The van der Waals surface area contributed by atoms with Crippen LogP contribution < -0.4 is 4.90 Å². The highest BCUT2D eigenvalue weighted by Crippen LogP contribution is 2.50. The van der Waals surface area contributed by atoms with Gasteiger partial charge in [0.2, 0.25) is 0 Å². The average molecular weight is 374 g/mol. The molecule has 28 heavy (non-hydrogen) atoms. The van der Waals surface area contributed by atoms with E-state index in [1.165, 1.54) is 11.1 Å². The number of ketones is 1. The molecular formula is C23H26N4O. The molecule has 4 rings (SSSR count). The molecule has 2 aliphatic rings. The van der Waals surface area contributed by atoms with Crippen LogP contribution in [0.1, 0.15) is 62.3 Å². The molecule has 0 bridgehead atoms. The predicted octanol–water partition coefficient (Wildman–Crippen LogP) is 3.99. The second kappa shape index (κ2) is 7.35. The molecule has 1 saturated heterocycles. The van der Waals surface area contributed by atoms with E-state index < -0.39 is 0 Å². The lowest BCUT2D eigenvalue weighted by atomic mass is 9.85. The number of nitrogens with zero attached hydrogens (tertiary/aromatic N) is 4. The van der Waals surface area contributed by atoms with Gasteiger partial charge in [0.05, 0.1) is 5.41 Å². The SMILES string of the molecule is CC(C)c1ccc(C2(C(=O)CC3CCN(c4ccc(C#N)nn4)C3)CC2)cc1. The zero-order chi connectivity index (χ0) is 19.7. The molecule has 2 fully saturated rings. The molecule has 0 amide bonds. The molecule has 1 saturated carbocycles. The van der Waals surface area contributed by atoms with Crippen LogP contribution in [0.25, 0.3) is 0 Å². The number of aromatic nitrogens is 2. The van der Waals surface area contributed by atoms with Gasteiger partial charge >= 0.3 is 0 Å². The van der Waals surface area contributed by atoms with Gasteiger partial charge in [-0.15, -0.1) is 10.2 Å². The fraction of sp³-hybridized carbons (Fsp3) is 0.478. The number of anilines is 1. The Morgan fingerprint density at radius 3 is 2.54 bits per heavy atom. The van der Waals surface area contributed by atoms with Crippen LogP contribution >= 0.6 is 0 Å². The maximum Gasteiger partial charge on any atom is 0.163 e. The zero-order valence-corrected chi connectivity index (χ0v) is 16.6. The Morgan fingerprint density at radius 1 is 1.21 bits per heavy atom. The summed E-state index contributed by atoms with van der Waals surface area (Å²) in [6, 6.07) is 14.2. The van der Waals surface area contributed by atoms with Gasteiger partial charge in [0, 0.05) is 19.5 Å². The van der Waals surface area contributed by atoms with E-state index in [4.69, 9.17) is 5.26 Å². The van der Waals surface area contributed by atoms with Crippen LogP contribution in [0.15, 0.2) is 36.4 Å². The Balaban J connectivity index is 1.39. The van der Waals surface area contributed by atoms with Gasteiger partial charge in [0.1, 0.15) is 11.9 Å². The Kier molecular flexibility index (Phi) is 4.89. The van der Waals surface area contributed by atoms with Gasteiger partial charge in [-0.3, -0.25) is 4.79 Å². The molecule has 1 aromatic heterocycles. The van der Waals surface area contributed by atoms with Crippen molar-refractivity contribution in [2.75, 3.05) is 18.0 Å². The maximum absolute atomic E-state index is 13.1. The van der Waals surface area contributed by atoms with E-state index in [1.54, 1.807) is 6.07 Å². The minimum atomic E-state index is -0.239. The summed E-state index contributed by atoms with van der Waals surface area (Å²) in [5.41, 5.74) is 2.60. The Morgan fingerprint density at radius 2 is 1.96 bits per heavy atom. The third kappa shape index (κ3) is 3.52. The van der Waals surface area contributed by atoms with Gasteiger partial charge < -0.3 is 4.90 Å². The molecule has 1 atom stereocenters. The minimum absolute atomic E-state index is 0.239. The zero-order valence-electron chi connectivity index (χ0n) is 16.6. The van der Waals surface area contributed by atoms with E-state index in [0.717, 1.165) is 38.2 Å².